The lowest BCUT2D eigenvalue weighted by Gasteiger charge is -2.36. The molecule has 0 radical (unpaired) electrons. The van der Waals surface area contributed by atoms with Crippen molar-refractivity contribution in [3.8, 4) is 0 Å². The summed E-state index contributed by atoms with van der Waals surface area (Å²) in [6.45, 7) is 3.54. The van der Waals surface area contributed by atoms with Gasteiger partial charge in [0.2, 0.25) is 5.91 Å². The maximum atomic E-state index is 12.5. The van der Waals surface area contributed by atoms with Crippen molar-refractivity contribution < 1.29 is 14.7 Å². The molecule has 0 saturated carbocycles. The summed E-state index contributed by atoms with van der Waals surface area (Å²) >= 11 is 1.77. The first-order valence-corrected chi connectivity index (χ1v) is 8.17. The Labute approximate surface area is 141 Å². The molecule has 0 aliphatic carbocycles. The van der Waals surface area contributed by atoms with Crippen LogP contribution in [0.2, 0.25) is 0 Å². The Balaban J connectivity index is 0.00000242. The second-order valence-corrected chi connectivity index (χ2v) is 6.44. The lowest BCUT2D eigenvalue weighted by Crippen LogP contribution is -2.44. The second-order valence-electron chi connectivity index (χ2n) is 5.44. The predicted molar refractivity (Wildman–Crippen MR) is 89.8 cm³/mol. The van der Waals surface area contributed by atoms with E-state index in [1.54, 1.807) is 23.3 Å². The molecule has 0 saturated heterocycles. The van der Waals surface area contributed by atoms with Crippen molar-refractivity contribution in [3.05, 3.63) is 21.9 Å². The van der Waals surface area contributed by atoms with Crippen molar-refractivity contribution in [2.45, 2.75) is 32.2 Å². The van der Waals surface area contributed by atoms with Crippen LogP contribution in [0.3, 0.4) is 0 Å². The molecule has 1 aliphatic heterocycles. The summed E-state index contributed by atoms with van der Waals surface area (Å²) in [4.78, 5) is 28.2. The molecule has 1 amide bonds. The van der Waals surface area contributed by atoms with Crippen LogP contribution in [0.15, 0.2) is 11.4 Å². The van der Waals surface area contributed by atoms with E-state index in [0.29, 0.717) is 6.54 Å². The number of carboxylic acid groups (broad SMARTS) is 1. The quantitative estimate of drug-likeness (QED) is 0.859. The van der Waals surface area contributed by atoms with Crippen LogP contribution in [0.4, 0.5) is 0 Å². The van der Waals surface area contributed by atoms with Crippen molar-refractivity contribution in [3.63, 3.8) is 0 Å². The van der Waals surface area contributed by atoms with Gasteiger partial charge in [0.15, 0.2) is 0 Å². The maximum Gasteiger partial charge on any atom is 0.304 e. The van der Waals surface area contributed by atoms with E-state index in [0.717, 1.165) is 19.4 Å². The predicted octanol–water partition coefficient (Wildman–Crippen LogP) is 2.41. The first-order chi connectivity index (χ1) is 10.0. The average molecular weight is 347 g/mol. The number of thiophene rings is 1. The number of aliphatic carboxylic acids is 1. The van der Waals surface area contributed by atoms with Gasteiger partial charge in [0.1, 0.15) is 0 Å². The highest BCUT2D eigenvalue weighted by molar-refractivity contribution is 7.10. The number of carbonyl (C=O) groups excluding carboxylic acids is 1. The van der Waals surface area contributed by atoms with E-state index in [2.05, 4.69) is 18.4 Å². The Morgan fingerprint density at radius 2 is 2.23 bits per heavy atom. The van der Waals surface area contributed by atoms with Crippen LogP contribution in [-0.2, 0) is 16.0 Å². The van der Waals surface area contributed by atoms with E-state index in [4.69, 9.17) is 5.11 Å². The van der Waals surface area contributed by atoms with Gasteiger partial charge in [-0.05, 0) is 36.9 Å². The summed E-state index contributed by atoms with van der Waals surface area (Å²) in [5.74, 6) is -0.742. The molecule has 0 aromatic carbocycles. The molecule has 2 heterocycles. The maximum absolute atomic E-state index is 12.5. The van der Waals surface area contributed by atoms with Gasteiger partial charge < -0.3 is 10.0 Å². The van der Waals surface area contributed by atoms with Crippen molar-refractivity contribution in [2.75, 3.05) is 26.7 Å². The smallest absolute Gasteiger partial charge is 0.304 e. The number of hydrogen-bond acceptors (Lipinski definition) is 4. The SMILES string of the molecule is CCC1c2ccsc2CCN1C(=O)CN(C)CCC(=O)O.Cl. The van der Waals surface area contributed by atoms with Crippen molar-refractivity contribution in [1.82, 2.24) is 9.80 Å². The van der Waals surface area contributed by atoms with Gasteiger partial charge in [0, 0.05) is 18.0 Å². The Morgan fingerprint density at radius 3 is 2.86 bits per heavy atom. The molecule has 5 nitrogen and oxygen atoms in total. The summed E-state index contributed by atoms with van der Waals surface area (Å²) in [7, 11) is 1.79. The summed E-state index contributed by atoms with van der Waals surface area (Å²) in [5.41, 5.74) is 1.29. The van der Waals surface area contributed by atoms with Crippen LogP contribution in [0.25, 0.3) is 0 Å². The minimum Gasteiger partial charge on any atom is -0.481 e. The fraction of sp³-hybridized carbons (Fsp3) is 0.600. The van der Waals surface area contributed by atoms with E-state index >= 15 is 0 Å². The third-order valence-electron chi connectivity index (χ3n) is 3.91. The monoisotopic (exact) mass is 346 g/mol. The van der Waals surface area contributed by atoms with E-state index in [1.807, 2.05) is 4.90 Å². The third kappa shape index (κ3) is 4.44. The lowest BCUT2D eigenvalue weighted by molar-refractivity contribution is -0.139. The summed E-state index contributed by atoms with van der Waals surface area (Å²) in [6.07, 6.45) is 1.90. The van der Waals surface area contributed by atoms with Crippen molar-refractivity contribution in [2.24, 2.45) is 0 Å². The molecule has 22 heavy (non-hydrogen) atoms. The van der Waals surface area contributed by atoms with E-state index in [-0.39, 0.29) is 37.3 Å². The van der Waals surface area contributed by atoms with Gasteiger partial charge in [-0.15, -0.1) is 23.7 Å². The van der Waals surface area contributed by atoms with Gasteiger partial charge in [0.05, 0.1) is 19.0 Å². The molecule has 7 heteroatoms. The number of fused-ring (bicyclic) bond motifs is 1. The Morgan fingerprint density at radius 1 is 1.50 bits per heavy atom. The topological polar surface area (TPSA) is 60.9 Å². The van der Waals surface area contributed by atoms with Gasteiger partial charge in [0.25, 0.3) is 0 Å². The first-order valence-electron chi connectivity index (χ1n) is 7.29. The zero-order chi connectivity index (χ0) is 15.4. The van der Waals surface area contributed by atoms with Gasteiger partial charge >= 0.3 is 5.97 Å². The molecule has 0 fully saturated rings. The Hall–Kier alpha value is -1.11. The van der Waals surface area contributed by atoms with E-state index < -0.39 is 5.97 Å². The Kier molecular flexibility index (Phi) is 7.32. The first kappa shape index (κ1) is 18.9. The number of rotatable bonds is 6. The minimum atomic E-state index is -0.832. The molecule has 1 unspecified atom stereocenters. The van der Waals surface area contributed by atoms with E-state index in [9.17, 15) is 9.59 Å². The zero-order valence-electron chi connectivity index (χ0n) is 12.9. The second kappa shape index (κ2) is 8.50. The van der Waals surface area contributed by atoms with Crippen LogP contribution in [0, 0.1) is 0 Å². The standard InChI is InChI=1S/C15H22N2O3S.ClH/c1-3-12-11-6-9-21-13(11)4-8-17(12)14(18)10-16(2)7-5-15(19)20;/h6,9,12H,3-5,7-8,10H2,1-2H3,(H,19,20);1H. The van der Waals surface area contributed by atoms with Gasteiger partial charge in [-0.2, -0.15) is 0 Å². The van der Waals surface area contributed by atoms with Gasteiger partial charge in [-0.3, -0.25) is 14.5 Å². The largest absolute Gasteiger partial charge is 0.481 e. The number of carboxylic acids is 1. The zero-order valence-corrected chi connectivity index (χ0v) is 14.6. The lowest BCUT2D eigenvalue weighted by atomic mass is 9.97. The van der Waals surface area contributed by atoms with Crippen LogP contribution in [-0.4, -0.2) is 53.5 Å². The molecule has 124 valence electrons. The highest BCUT2D eigenvalue weighted by atomic mass is 35.5. The highest BCUT2D eigenvalue weighted by Gasteiger charge is 2.30. The minimum absolute atomic E-state index is 0. The van der Waals surface area contributed by atoms with Crippen molar-refractivity contribution in [1.29, 1.82) is 0 Å². The fourth-order valence-corrected chi connectivity index (χ4v) is 3.75. The van der Waals surface area contributed by atoms with Gasteiger partial charge in [-0.1, -0.05) is 6.92 Å². The third-order valence-corrected chi connectivity index (χ3v) is 4.91. The molecular weight excluding hydrogens is 324 g/mol. The number of carbonyl (C=O) groups is 2. The molecule has 1 aromatic rings. The number of amides is 1. The molecule has 1 aliphatic rings. The Bertz CT molecular complexity index is 521. The molecule has 1 aromatic heterocycles. The highest BCUT2D eigenvalue weighted by Crippen LogP contribution is 2.35. The summed E-state index contributed by atoms with van der Waals surface area (Å²) in [6, 6.07) is 2.29. The number of hydrogen-bond donors (Lipinski definition) is 1. The molecular formula is C15H23ClN2O3S. The average Bonchev–Trinajstić information content (AvgIpc) is 2.92. The van der Waals surface area contributed by atoms with Crippen LogP contribution in [0.5, 0.6) is 0 Å². The molecule has 0 bridgehead atoms. The molecule has 2 rings (SSSR count). The number of likely N-dealkylation sites (N-methyl/N-ethyl adjacent to an activating group) is 1. The van der Waals surface area contributed by atoms with Crippen LogP contribution in [0.1, 0.15) is 36.2 Å². The summed E-state index contributed by atoms with van der Waals surface area (Å²) < 4.78 is 0. The van der Waals surface area contributed by atoms with E-state index in [1.165, 1.54) is 10.4 Å². The van der Waals surface area contributed by atoms with Crippen LogP contribution < -0.4 is 0 Å². The van der Waals surface area contributed by atoms with Crippen molar-refractivity contribution >= 4 is 35.6 Å². The summed E-state index contributed by atoms with van der Waals surface area (Å²) in [5, 5.41) is 10.8. The van der Waals surface area contributed by atoms with Gasteiger partial charge in [-0.25, -0.2) is 0 Å². The fourth-order valence-electron chi connectivity index (χ4n) is 2.82. The normalized spacial score (nSPS) is 17.0. The molecule has 1 N–H and O–H groups in total. The molecule has 0 spiro atoms. The number of nitrogens with zero attached hydrogens (tertiary/aromatic N) is 2. The number of halogens is 1. The van der Waals surface area contributed by atoms with Crippen LogP contribution >= 0.6 is 23.7 Å². The molecule has 1 atom stereocenters.